The second kappa shape index (κ2) is 9.02. The largest absolute Gasteiger partial charge is 0.392 e. The van der Waals surface area contributed by atoms with E-state index in [-0.39, 0.29) is 24.4 Å². The number of halogens is 3. The molecule has 4 heterocycles. The van der Waals surface area contributed by atoms with Gasteiger partial charge in [-0.1, -0.05) is 12.8 Å². The third kappa shape index (κ3) is 4.36. The van der Waals surface area contributed by atoms with Gasteiger partial charge in [0.05, 0.1) is 17.7 Å². The van der Waals surface area contributed by atoms with Crippen molar-refractivity contribution in [3.05, 3.63) is 23.5 Å². The minimum absolute atomic E-state index is 0.0406. The number of alkyl halides is 3. The number of carbonyl (C=O) groups excluding carboxylic acids is 1. The maximum Gasteiger partial charge on any atom is 0.392 e. The lowest BCUT2D eigenvalue weighted by Gasteiger charge is -2.40. The van der Waals surface area contributed by atoms with Gasteiger partial charge < -0.3 is 15.5 Å². The van der Waals surface area contributed by atoms with Crippen LogP contribution in [0.1, 0.15) is 68.7 Å². The Labute approximate surface area is 197 Å². The molecule has 2 unspecified atom stereocenters. The number of nitrogens with two attached hydrogens (primary N) is 1. The molecule has 2 saturated heterocycles. The lowest BCUT2D eigenvalue weighted by molar-refractivity contribution is -0.201. The molecule has 0 bridgehead atoms. The molecule has 5 rings (SSSR count). The van der Waals surface area contributed by atoms with Crippen molar-refractivity contribution in [3.63, 3.8) is 0 Å². The van der Waals surface area contributed by atoms with Gasteiger partial charge in [0.15, 0.2) is 5.65 Å². The van der Waals surface area contributed by atoms with Gasteiger partial charge in [0, 0.05) is 49.4 Å². The van der Waals surface area contributed by atoms with Crippen molar-refractivity contribution in [1.29, 1.82) is 0 Å². The molecule has 3 fully saturated rings. The fraction of sp³-hybridized carbons (Fsp3) is 0.708. The predicted molar refractivity (Wildman–Crippen MR) is 122 cm³/mol. The second-order valence-corrected chi connectivity index (χ2v) is 10.2. The van der Waals surface area contributed by atoms with Crippen LogP contribution >= 0.6 is 0 Å². The van der Waals surface area contributed by atoms with E-state index in [1.807, 2.05) is 19.2 Å². The van der Waals surface area contributed by atoms with E-state index in [4.69, 9.17) is 15.8 Å². The molecule has 0 radical (unpaired) electrons. The second-order valence-electron chi connectivity index (χ2n) is 10.2. The van der Waals surface area contributed by atoms with Gasteiger partial charge in [0.1, 0.15) is 5.82 Å². The Bertz CT molecular complexity index is 1050. The summed E-state index contributed by atoms with van der Waals surface area (Å²) in [5.74, 6) is -2.01. The SMILES string of the molecule is Cc1cn2nc([C@@H]3CCCCN3C(=O)C3CCCCC3C(F)(F)F)cc2nc1N1CC[C@H](N)C1. The van der Waals surface area contributed by atoms with Crippen molar-refractivity contribution < 1.29 is 18.0 Å². The molecule has 186 valence electrons. The van der Waals surface area contributed by atoms with Crippen molar-refractivity contribution >= 4 is 17.4 Å². The van der Waals surface area contributed by atoms with Gasteiger partial charge in [0.2, 0.25) is 5.91 Å². The minimum Gasteiger partial charge on any atom is -0.355 e. The first-order valence-electron chi connectivity index (χ1n) is 12.5. The first kappa shape index (κ1) is 23.4. The quantitative estimate of drug-likeness (QED) is 0.722. The van der Waals surface area contributed by atoms with Crippen LogP contribution in [0.3, 0.4) is 0 Å². The molecule has 2 aromatic rings. The summed E-state index contributed by atoms with van der Waals surface area (Å²) in [7, 11) is 0. The van der Waals surface area contributed by atoms with Crippen LogP contribution in [0.25, 0.3) is 5.65 Å². The Morgan fingerprint density at radius 3 is 2.59 bits per heavy atom. The molecule has 0 spiro atoms. The number of hydrogen-bond acceptors (Lipinski definition) is 5. The molecule has 7 nitrogen and oxygen atoms in total. The molecule has 2 aliphatic heterocycles. The number of rotatable bonds is 3. The number of fused-ring (bicyclic) bond motifs is 1. The van der Waals surface area contributed by atoms with E-state index in [0.29, 0.717) is 43.6 Å². The van der Waals surface area contributed by atoms with E-state index in [0.717, 1.165) is 43.7 Å². The summed E-state index contributed by atoms with van der Waals surface area (Å²) in [6, 6.07) is 1.71. The Balaban J connectivity index is 1.43. The molecule has 0 aromatic carbocycles. The molecule has 10 heteroatoms. The number of aromatic nitrogens is 3. The number of piperidine rings is 1. The van der Waals surface area contributed by atoms with Gasteiger partial charge >= 0.3 is 6.18 Å². The lowest BCUT2D eigenvalue weighted by atomic mass is 9.77. The van der Waals surface area contributed by atoms with E-state index >= 15 is 0 Å². The van der Waals surface area contributed by atoms with Crippen LogP contribution in [0.4, 0.5) is 19.0 Å². The van der Waals surface area contributed by atoms with E-state index in [2.05, 4.69) is 4.90 Å². The highest BCUT2D eigenvalue weighted by molar-refractivity contribution is 5.80. The third-order valence-electron chi connectivity index (χ3n) is 7.78. The van der Waals surface area contributed by atoms with E-state index in [1.54, 1.807) is 9.42 Å². The molecule has 1 aliphatic carbocycles. The van der Waals surface area contributed by atoms with Crippen LogP contribution in [0.15, 0.2) is 12.3 Å². The summed E-state index contributed by atoms with van der Waals surface area (Å²) in [5.41, 5.74) is 8.45. The maximum atomic E-state index is 13.7. The Kier molecular flexibility index (Phi) is 6.20. The number of nitrogens with zero attached hydrogens (tertiary/aromatic N) is 5. The van der Waals surface area contributed by atoms with Crippen molar-refractivity contribution in [2.24, 2.45) is 17.6 Å². The average Bonchev–Trinajstić information content (AvgIpc) is 3.43. The van der Waals surface area contributed by atoms with Crippen LogP contribution in [-0.4, -0.2) is 57.3 Å². The Morgan fingerprint density at radius 1 is 1.09 bits per heavy atom. The number of likely N-dealkylation sites (tertiary alicyclic amines) is 1. The number of aryl methyl sites for hydroxylation is 1. The highest BCUT2D eigenvalue weighted by atomic mass is 19.4. The number of carbonyl (C=O) groups is 1. The van der Waals surface area contributed by atoms with Crippen LogP contribution in [-0.2, 0) is 4.79 Å². The summed E-state index contributed by atoms with van der Waals surface area (Å²) in [6.07, 6.45) is 2.47. The average molecular weight is 479 g/mol. The van der Waals surface area contributed by atoms with E-state index in [1.165, 1.54) is 0 Å². The molecule has 34 heavy (non-hydrogen) atoms. The van der Waals surface area contributed by atoms with Crippen molar-refractivity contribution in [2.45, 2.75) is 76.6 Å². The van der Waals surface area contributed by atoms with Crippen LogP contribution < -0.4 is 10.6 Å². The summed E-state index contributed by atoms with van der Waals surface area (Å²) in [5, 5.41) is 4.72. The molecule has 4 atom stereocenters. The van der Waals surface area contributed by atoms with Gasteiger partial charge in [-0.2, -0.15) is 18.3 Å². The van der Waals surface area contributed by atoms with Gasteiger partial charge in [-0.25, -0.2) is 9.50 Å². The van der Waals surface area contributed by atoms with E-state index in [9.17, 15) is 18.0 Å². The molecule has 2 aromatic heterocycles. The zero-order valence-electron chi connectivity index (χ0n) is 19.6. The van der Waals surface area contributed by atoms with Crippen LogP contribution in [0.2, 0.25) is 0 Å². The number of amides is 1. The highest BCUT2D eigenvalue weighted by Crippen LogP contribution is 2.44. The molecular weight excluding hydrogens is 445 g/mol. The smallest absolute Gasteiger partial charge is 0.355 e. The highest BCUT2D eigenvalue weighted by Gasteiger charge is 2.49. The Hall–Kier alpha value is -2.36. The molecule has 2 N–H and O–H groups in total. The van der Waals surface area contributed by atoms with Gasteiger partial charge in [0.25, 0.3) is 0 Å². The zero-order valence-corrected chi connectivity index (χ0v) is 19.6. The van der Waals surface area contributed by atoms with Crippen LogP contribution in [0.5, 0.6) is 0 Å². The molecule has 1 amide bonds. The third-order valence-corrected chi connectivity index (χ3v) is 7.78. The summed E-state index contributed by atoms with van der Waals surface area (Å²) >= 11 is 0. The molecule has 3 aliphatic rings. The topological polar surface area (TPSA) is 79.8 Å². The van der Waals surface area contributed by atoms with Gasteiger partial charge in [-0.3, -0.25) is 4.79 Å². The minimum atomic E-state index is -4.34. The fourth-order valence-corrected chi connectivity index (χ4v) is 6.02. The number of anilines is 1. The normalized spacial score (nSPS) is 28.6. The molecule has 1 saturated carbocycles. The fourth-order valence-electron chi connectivity index (χ4n) is 6.02. The number of hydrogen-bond donors (Lipinski definition) is 1. The predicted octanol–water partition coefficient (Wildman–Crippen LogP) is 4.00. The summed E-state index contributed by atoms with van der Waals surface area (Å²) in [4.78, 5) is 22.2. The summed E-state index contributed by atoms with van der Waals surface area (Å²) < 4.78 is 42.8. The summed E-state index contributed by atoms with van der Waals surface area (Å²) in [6.45, 7) is 4.09. The van der Waals surface area contributed by atoms with Gasteiger partial charge in [-0.05, 0) is 45.4 Å². The monoisotopic (exact) mass is 478 g/mol. The van der Waals surface area contributed by atoms with Crippen molar-refractivity contribution in [3.8, 4) is 0 Å². The first-order valence-corrected chi connectivity index (χ1v) is 12.5. The van der Waals surface area contributed by atoms with Gasteiger partial charge in [-0.15, -0.1) is 0 Å². The van der Waals surface area contributed by atoms with Crippen LogP contribution in [0, 0.1) is 18.8 Å². The zero-order chi connectivity index (χ0) is 24.0. The van der Waals surface area contributed by atoms with Crippen molar-refractivity contribution in [2.75, 3.05) is 24.5 Å². The van der Waals surface area contributed by atoms with Crippen molar-refractivity contribution in [1.82, 2.24) is 19.5 Å². The Morgan fingerprint density at radius 2 is 1.85 bits per heavy atom. The van der Waals surface area contributed by atoms with E-state index < -0.39 is 18.0 Å². The first-order chi connectivity index (χ1) is 16.2. The lowest BCUT2D eigenvalue weighted by Crippen LogP contribution is -2.47. The maximum absolute atomic E-state index is 13.7. The molecular formula is C24H33F3N6O. The standard InChI is InChI=1S/C24H33F3N6O/c1-15-13-33-21(29-22(15)31-11-9-16(28)14-31)12-19(30-33)20-8-4-5-10-32(20)23(34)17-6-2-3-7-18(17)24(25,26)27/h12-13,16-18,20H,2-11,14,28H2,1H3/t16-,17?,18?,20-/m0/s1.